The van der Waals surface area contributed by atoms with Gasteiger partial charge in [-0.3, -0.25) is 19.9 Å². The first-order valence-electron chi connectivity index (χ1n) is 17.5. The first kappa shape index (κ1) is 40.5. The molecule has 292 valence electrons. The number of nitrogen functional groups attached to an aromatic ring is 1. The number of rotatable bonds is 6. The summed E-state index contributed by atoms with van der Waals surface area (Å²) in [5.74, 6) is -2.03. The van der Waals surface area contributed by atoms with Crippen LogP contribution in [0.4, 0.5) is 16.2 Å². The zero-order valence-electron chi connectivity index (χ0n) is 31.6. The first-order chi connectivity index (χ1) is 25.4. The summed E-state index contributed by atoms with van der Waals surface area (Å²) >= 11 is 6.76. The van der Waals surface area contributed by atoms with E-state index in [2.05, 4.69) is 10.3 Å². The highest BCUT2D eigenvalue weighted by Gasteiger charge is 2.64. The molecule has 3 aliphatic rings. The van der Waals surface area contributed by atoms with Crippen LogP contribution >= 0.6 is 11.6 Å². The van der Waals surface area contributed by atoms with Crippen LogP contribution in [-0.2, 0) is 35.0 Å². The van der Waals surface area contributed by atoms with Crippen LogP contribution in [0.25, 0.3) is 0 Å². The maximum Gasteiger partial charge on any atom is 0.409 e. The molecule has 1 aromatic heterocycles. The van der Waals surface area contributed by atoms with Crippen molar-refractivity contribution in [1.82, 2.24) is 15.2 Å². The number of amides is 3. The van der Waals surface area contributed by atoms with E-state index in [-0.39, 0.29) is 29.1 Å². The van der Waals surface area contributed by atoms with E-state index in [0.29, 0.717) is 17.9 Å². The molecule has 15 nitrogen and oxygen atoms in total. The molecule has 0 unspecified atom stereocenters. The van der Waals surface area contributed by atoms with Crippen LogP contribution in [0, 0.1) is 5.92 Å². The molecule has 5 rings (SSSR count). The summed E-state index contributed by atoms with van der Waals surface area (Å²) in [5.41, 5.74) is 5.27. The quantitative estimate of drug-likeness (QED) is 0.285. The first-order valence-corrected chi connectivity index (χ1v) is 17.9. The predicted molar refractivity (Wildman–Crippen MR) is 199 cm³/mol. The second-order valence-corrected chi connectivity index (χ2v) is 14.7. The molecule has 2 saturated heterocycles. The van der Waals surface area contributed by atoms with Crippen molar-refractivity contribution in [3.05, 3.63) is 70.5 Å². The van der Waals surface area contributed by atoms with Crippen molar-refractivity contribution in [3.63, 3.8) is 0 Å². The van der Waals surface area contributed by atoms with Gasteiger partial charge in [0.15, 0.2) is 5.72 Å². The van der Waals surface area contributed by atoms with Gasteiger partial charge in [-0.1, -0.05) is 42.3 Å². The number of allylic oxidation sites excluding steroid dienone is 3. The molecule has 3 aliphatic heterocycles. The summed E-state index contributed by atoms with van der Waals surface area (Å²) < 4.78 is 29.2. The number of carbonyl (C=O) groups is 4. The molecule has 0 spiro atoms. The Balaban J connectivity index is 1.53. The number of ether oxygens (including phenoxy) is 5. The second kappa shape index (κ2) is 16.0. The molecular formula is C38H48ClN5O10. The number of fused-ring (bicyclic) bond motifs is 5. The Kier molecular flexibility index (Phi) is 12.0. The van der Waals surface area contributed by atoms with E-state index >= 15 is 0 Å². The molecule has 4 N–H and O–H groups in total. The number of aliphatic hydroxyl groups is 1. The van der Waals surface area contributed by atoms with Crippen LogP contribution in [0.1, 0.15) is 56.5 Å². The van der Waals surface area contributed by atoms with Gasteiger partial charge < -0.3 is 44.3 Å². The Morgan fingerprint density at radius 1 is 1.26 bits per heavy atom. The van der Waals surface area contributed by atoms with E-state index in [1.807, 2.05) is 13.0 Å². The summed E-state index contributed by atoms with van der Waals surface area (Å²) in [4.78, 5) is 60.7. The van der Waals surface area contributed by atoms with Gasteiger partial charge in [-0.15, -0.1) is 0 Å². The third kappa shape index (κ3) is 8.19. The molecule has 4 heterocycles. The Morgan fingerprint density at radius 2 is 1.98 bits per heavy atom. The number of aromatic nitrogens is 1. The molecule has 3 amide bonds. The Hall–Kier alpha value is -4.70. The minimum atomic E-state index is -1.84. The van der Waals surface area contributed by atoms with Gasteiger partial charge in [0, 0.05) is 51.6 Å². The number of hydrogen-bond donors (Lipinski definition) is 3. The number of nitrogens with zero attached hydrogens (tertiary/aromatic N) is 3. The Bertz CT molecular complexity index is 1860. The summed E-state index contributed by atoms with van der Waals surface area (Å²) in [6.07, 6.45) is 3.44. The lowest BCUT2D eigenvalue weighted by Gasteiger charge is -2.42. The molecule has 8 atom stereocenters. The second-order valence-electron chi connectivity index (χ2n) is 14.3. The topological polar surface area (TPSA) is 195 Å². The zero-order chi connectivity index (χ0) is 39.7. The average molecular weight is 770 g/mol. The molecule has 0 aliphatic carbocycles. The van der Waals surface area contributed by atoms with Crippen molar-refractivity contribution in [3.8, 4) is 5.75 Å². The molecular weight excluding hydrogens is 722 g/mol. The van der Waals surface area contributed by atoms with Gasteiger partial charge in [0.25, 0.3) is 5.91 Å². The molecule has 2 fully saturated rings. The van der Waals surface area contributed by atoms with Crippen LogP contribution in [0.2, 0.25) is 5.02 Å². The number of nitrogens with two attached hydrogens (primary N) is 1. The maximum absolute atomic E-state index is 14.2. The third-order valence-corrected chi connectivity index (χ3v) is 10.9. The Morgan fingerprint density at radius 3 is 2.65 bits per heavy atom. The van der Waals surface area contributed by atoms with Crippen molar-refractivity contribution in [2.75, 3.05) is 38.9 Å². The van der Waals surface area contributed by atoms with E-state index in [1.165, 1.54) is 56.5 Å². The van der Waals surface area contributed by atoms with Crippen molar-refractivity contribution in [2.45, 2.75) is 88.7 Å². The van der Waals surface area contributed by atoms with E-state index < -0.39 is 71.6 Å². The van der Waals surface area contributed by atoms with Gasteiger partial charge in [-0.2, -0.15) is 0 Å². The van der Waals surface area contributed by atoms with E-state index in [9.17, 15) is 24.3 Å². The summed E-state index contributed by atoms with van der Waals surface area (Å²) in [5, 5.41) is 14.5. The number of nitrogens with one attached hydrogen (secondary N) is 1. The normalized spacial score (nSPS) is 30.7. The fourth-order valence-electron chi connectivity index (χ4n) is 6.95. The maximum atomic E-state index is 14.2. The van der Waals surface area contributed by atoms with E-state index in [0.717, 1.165) is 11.1 Å². The highest BCUT2D eigenvalue weighted by atomic mass is 35.5. The highest BCUT2D eigenvalue weighted by molar-refractivity contribution is 6.35. The lowest BCUT2D eigenvalue weighted by Crippen LogP contribution is -2.63. The van der Waals surface area contributed by atoms with Crippen LogP contribution in [0.15, 0.2) is 54.4 Å². The van der Waals surface area contributed by atoms with Crippen LogP contribution in [0.5, 0.6) is 5.75 Å². The van der Waals surface area contributed by atoms with Gasteiger partial charge in [0.05, 0.1) is 30.9 Å². The molecule has 54 heavy (non-hydrogen) atoms. The minimum absolute atomic E-state index is 0.0704. The van der Waals surface area contributed by atoms with Crippen LogP contribution in [0.3, 0.4) is 0 Å². The predicted octanol–water partition coefficient (Wildman–Crippen LogP) is 3.81. The number of halogens is 1. The highest BCUT2D eigenvalue weighted by Crippen LogP contribution is 2.49. The van der Waals surface area contributed by atoms with Crippen molar-refractivity contribution < 1.29 is 48.0 Å². The minimum Gasteiger partial charge on any atom is -0.495 e. The Labute approximate surface area is 319 Å². The van der Waals surface area contributed by atoms with E-state index in [4.69, 9.17) is 41.0 Å². The largest absolute Gasteiger partial charge is 0.495 e. The number of likely N-dealkylation sites (N-methyl/N-ethyl adjacent to an activating group) is 1. The van der Waals surface area contributed by atoms with E-state index in [1.54, 1.807) is 45.2 Å². The van der Waals surface area contributed by atoms with Gasteiger partial charge in [-0.05, 0) is 51.0 Å². The number of methoxy groups -OCH3 is 2. The van der Waals surface area contributed by atoms with Gasteiger partial charge in [-0.25, -0.2) is 9.59 Å². The molecule has 0 radical (unpaired) electrons. The summed E-state index contributed by atoms with van der Waals surface area (Å²) in [7, 11) is 5.89. The van der Waals surface area contributed by atoms with Gasteiger partial charge in [0.1, 0.15) is 40.7 Å². The summed E-state index contributed by atoms with van der Waals surface area (Å²) in [6.45, 7) is 6.88. The summed E-state index contributed by atoms with van der Waals surface area (Å²) in [6, 6.07) is 3.92. The number of pyridine rings is 1. The molecule has 16 heteroatoms. The van der Waals surface area contributed by atoms with Crippen LogP contribution in [-0.4, -0.2) is 109 Å². The van der Waals surface area contributed by atoms with Crippen molar-refractivity contribution in [2.24, 2.45) is 5.92 Å². The fraction of sp³-hybridized carbons (Fsp3) is 0.500. The lowest BCUT2D eigenvalue weighted by molar-refractivity contribution is -0.158. The fourth-order valence-corrected chi connectivity index (χ4v) is 7.26. The number of hydrogen-bond acceptors (Lipinski definition) is 12. The number of carbonyl (C=O) groups excluding carboxylic acids is 4. The molecule has 1 aromatic carbocycles. The van der Waals surface area contributed by atoms with Crippen molar-refractivity contribution >= 4 is 46.9 Å². The average Bonchev–Trinajstić information content (AvgIpc) is 3.83. The molecule has 2 aromatic rings. The SMILES string of the molecule is COc1cc2cc(c1Cl)N(C)C(=O)C[C@H](OC(=O)[C@H](C)N(C)C(=O)c1cnccc1N)[C@]1(C)O[C@H]1[C@H](C)[C@@H]1C[C@@](O)(NC(=O)O1)[C@H](OC)/C=C/C=C(\C)C2. The third-order valence-electron chi connectivity index (χ3n) is 10.5. The van der Waals surface area contributed by atoms with Crippen LogP contribution < -0.4 is 20.7 Å². The number of epoxide rings is 1. The molecule has 4 bridgehead atoms. The number of anilines is 2. The lowest BCUT2D eigenvalue weighted by atomic mass is 9.83. The molecule has 0 saturated carbocycles. The monoisotopic (exact) mass is 769 g/mol. The van der Waals surface area contributed by atoms with Crippen molar-refractivity contribution in [1.29, 1.82) is 0 Å². The van der Waals surface area contributed by atoms with Gasteiger partial charge >= 0.3 is 12.1 Å². The number of esters is 1. The smallest absolute Gasteiger partial charge is 0.409 e. The van der Waals surface area contributed by atoms with Gasteiger partial charge in [0.2, 0.25) is 5.91 Å². The zero-order valence-corrected chi connectivity index (χ0v) is 32.4. The number of alkyl carbamates (subject to hydrolysis) is 1. The number of benzene rings is 1. The standard InChI is InChI=1S/C38H48ClN5O10/c1-20-10-9-11-29(51-8)38(49)18-28(52-36(48)42-38)21(2)33-37(4,54-33)30(17-31(45)44(6)26-15-23(14-20)16-27(50-7)32(26)39)53-35(47)22(3)43(5)34(46)24-19-41-13-12-25(24)40/h9-13,15-16,19,21-22,28-30,33,49H,14,17-18H2,1-8H3,(H2,40,41)(H,42,48)/b11-9+,20-10+/t21-,22+,28+,29-,30+,33+,37+,38+/m1/s1.